The Labute approximate surface area is 147 Å². The number of nitro groups is 1. The highest BCUT2D eigenvalue weighted by atomic mass is 35.5. The van der Waals surface area contributed by atoms with Crippen molar-refractivity contribution < 1.29 is 36.8 Å². The Morgan fingerprint density at radius 3 is 2.54 bits per heavy atom. The van der Waals surface area contributed by atoms with Gasteiger partial charge < -0.3 is 14.5 Å². The Morgan fingerprint density at radius 1 is 1.27 bits per heavy atom. The molecule has 138 valence electrons. The van der Waals surface area contributed by atoms with E-state index >= 15 is 0 Å². The number of alkyl halides is 3. The van der Waals surface area contributed by atoms with E-state index in [1.807, 2.05) is 0 Å². The number of hydrogen-bond donors (Lipinski definition) is 1. The van der Waals surface area contributed by atoms with Gasteiger partial charge in [-0.2, -0.15) is 13.2 Å². The number of halogens is 4. The van der Waals surface area contributed by atoms with Crippen LogP contribution in [0.2, 0.25) is 5.02 Å². The maximum absolute atomic E-state index is 12.7. The zero-order valence-electron chi connectivity index (χ0n) is 12.5. The fourth-order valence-corrected chi connectivity index (χ4v) is 1.89. The first-order valence-electron chi connectivity index (χ1n) is 6.66. The molecule has 1 amide bonds. The third-order valence-corrected chi connectivity index (χ3v) is 3.20. The van der Waals surface area contributed by atoms with E-state index in [0.717, 1.165) is 24.3 Å². The highest BCUT2D eigenvalue weighted by Crippen LogP contribution is 2.33. The number of nitrogens with zero attached hydrogens (tertiary/aromatic N) is 1. The average Bonchev–Trinajstić information content (AvgIpc) is 3.04. The summed E-state index contributed by atoms with van der Waals surface area (Å²) in [6, 6.07) is 4.20. The SMILES string of the molecule is O=C(COC(=O)c1ccc([N+](=O)[O-])o1)Nc1cc(C(F)(F)F)ccc1Cl. The molecular weight excluding hydrogens is 385 g/mol. The Morgan fingerprint density at radius 2 is 1.96 bits per heavy atom. The molecule has 0 saturated heterocycles. The molecule has 1 N–H and O–H groups in total. The fraction of sp³-hybridized carbons (Fsp3) is 0.143. The lowest BCUT2D eigenvalue weighted by atomic mass is 10.2. The molecule has 2 aromatic rings. The number of anilines is 1. The van der Waals surface area contributed by atoms with Crippen LogP contribution >= 0.6 is 11.6 Å². The van der Waals surface area contributed by atoms with Crippen molar-refractivity contribution in [1.82, 2.24) is 0 Å². The van der Waals surface area contributed by atoms with Gasteiger partial charge >= 0.3 is 18.0 Å². The van der Waals surface area contributed by atoms with Crippen LogP contribution in [0.25, 0.3) is 0 Å². The van der Waals surface area contributed by atoms with Crippen molar-refractivity contribution in [2.75, 3.05) is 11.9 Å². The normalized spacial score (nSPS) is 11.1. The van der Waals surface area contributed by atoms with Gasteiger partial charge in [0.15, 0.2) is 6.61 Å². The van der Waals surface area contributed by atoms with Crippen LogP contribution in [-0.4, -0.2) is 23.4 Å². The Balaban J connectivity index is 1.98. The van der Waals surface area contributed by atoms with E-state index in [0.29, 0.717) is 6.07 Å². The van der Waals surface area contributed by atoms with E-state index in [1.165, 1.54) is 0 Å². The largest absolute Gasteiger partial charge is 0.450 e. The molecule has 0 unspecified atom stereocenters. The van der Waals surface area contributed by atoms with E-state index in [9.17, 15) is 32.9 Å². The summed E-state index contributed by atoms with van der Waals surface area (Å²) in [6.45, 7) is -0.875. The molecule has 2 rings (SSSR count). The van der Waals surface area contributed by atoms with Gasteiger partial charge in [0, 0.05) is 0 Å². The number of furan rings is 1. The van der Waals surface area contributed by atoms with Crippen LogP contribution in [0.3, 0.4) is 0 Å². The number of hydrogen-bond acceptors (Lipinski definition) is 6. The van der Waals surface area contributed by atoms with E-state index in [4.69, 9.17) is 11.6 Å². The summed E-state index contributed by atoms with van der Waals surface area (Å²) in [4.78, 5) is 32.9. The van der Waals surface area contributed by atoms with Crippen molar-refractivity contribution in [3.8, 4) is 0 Å². The van der Waals surface area contributed by atoms with Crippen molar-refractivity contribution in [1.29, 1.82) is 0 Å². The lowest BCUT2D eigenvalue weighted by Gasteiger charge is -2.11. The molecular formula is C14H8ClF3N2O6. The molecule has 0 aliphatic rings. The number of esters is 1. The number of benzene rings is 1. The fourth-order valence-electron chi connectivity index (χ4n) is 1.72. The van der Waals surface area contributed by atoms with Crippen molar-refractivity contribution in [3.63, 3.8) is 0 Å². The van der Waals surface area contributed by atoms with Crippen molar-refractivity contribution >= 4 is 35.0 Å². The van der Waals surface area contributed by atoms with Gasteiger partial charge in [-0.15, -0.1) is 0 Å². The quantitative estimate of drug-likeness (QED) is 0.472. The number of carbonyl (C=O) groups is 2. The Hall–Kier alpha value is -3.08. The molecule has 0 bridgehead atoms. The molecule has 0 aliphatic heterocycles. The molecule has 26 heavy (non-hydrogen) atoms. The summed E-state index contributed by atoms with van der Waals surface area (Å²) in [5.74, 6) is -3.34. The van der Waals surface area contributed by atoms with Crippen LogP contribution < -0.4 is 5.32 Å². The second-order valence-corrected chi connectivity index (χ2v) is 5.12. The van der Waals surface area contributed by atoms with Crippen LogP contribution in [0.15, 0.2) is 34.7 Å². The monoisotopic (exact) mass is 392 g/mol. The van der Waals surface area contributed by atoms with Gasteiger partial charge in [0.1, 0.15) is 4.92 Å². The van der Waals surface area contributed by atoms with Crippen LogP contribution in [0.5, 0.6) is 0 Å². The Bertz CT molecular complexity index is 865. The third kappa shape index (κ3) is 4.72. The summed E-state index contributed by atoms with van der Waals surface area (Å²) in [7, 11) is 0. The second-order valence-electron chi connectivity index (χ2n) is 4.71. The maximum atomic E-state index is 12.7. The third-order valence-electron chi connectivity index (χ3n) is 2.88. The number of nitrogens with one attached hydrogen (secondary N) is 1. The second kappa shape index (κ2) is 7.44. The van der Waals surface area contributed by atoms with E-state index in [1.54, 1.807) is 0 Å². The first-order chi connectivity index (χ1) is 12.1. The van der Waals surface area contributed by atoms with Crippen molar-refractivity contribution in [3.05, 3.63) is 56.8 Å². The molecule has 1 aromatic heterocycles. The first-order valence-corrected chi connectivity index (χ1v) is 7.03. The molecule has 1 heterocycles. The molecule has 0 atom stereocenters. The van der Waals surface area contributed by atoms with Crippen LogP contribution in [0.4, 0.5) is 24.7 Å². The summed E-state index contributed by atoms with van der Waals surface area (Å²) < 4.78 is 47.1. The van der Waals surface area contributed by atoms with Gasteiger partial charge in [-0.25, -0.2) is 4.79 Å². The van der Waals surface area contributed by atoms with Crippen molar-refractivity contribution in [2.45, 2.75) is 6.18 Å². The molecule has 8 nitrogen and oxygen atoms in total. The highest BCUT2D eigenvalue weighted by molar-refractivity contribution is 6.33. The molecule has 0 saturated carbocycles. The van der Waals surface area contributed by atoms with Crippen LogP contribution in [0, 0.1) is 10.1 Å². The summed E-state index contributed by atoms with van der Waals surface area (Å²) >= 11 is 5.71. The molecule has 0 spiro atoms. The lowest BCUT2D eigenvalue weighted by molar-refractivity contribution is -0.402. The van der Waals surface area contributed by atoms with Gasteiger partial charge in [-0.05, 0) is 24.3 Å². The molecule has 1 aromatic carbocycles. The van der Waals surface area contributed by atoms with Crippen molar-refractivity contribution in [2.24, 2.45) is 0 Å². The highest BCUT2D eigenvalue weighted by Gasteiger charge is 2.31. The predicted molar refractivity (Wildman–Crippen MR) is 80.7 cm³/mol. The van der Waals surface area contributed by atoms with E-state index in [2.05, 4.69) is 14.5 Å². The zero-order valence-corrected chi connectivity index (χ0v) is 13.3. The lowest BCUT2D eigenvalue weighted by Crippen LogP contribution is -2.21. The first kappa shape index (κ1) is 19.2. The summed E-state index contributed by atoms with van der Waals surface area (Å²) in [5, 5.41) is 12.4. The summed E-state index contributed by atoms with van der Waals surface area (Å²) in [5.41, 5.74) is -1.35. The standard InChI is InChI=1S/C14H8ClF3N2O6/c15-8-2-1-7(14(16,17)18)5-9(8)19-11(21)6-25-13(22)10-3-4-12(26-10)20(23)24/h1-5H,6H2,(H,19,21). The number of carbonyl (C=O) groups excluding carboxylic acids is 2. The predicted octanol–water partition coefficient (Wildman–Crippen LogP) is 3.66. The van der Waals surface area contributed by atoms with E-state index in [-0.39, 0.29) is 10.7 Å². The van der Waals surface area contributed by atoms with Gasteiger partial charge in [0.25, 0.3) is 5.91 Å². The molecule has 0 radical (unpaired) electrons. The maximum Gasteiger partial charge on any atom is 0.433 e. The van der Waals surface area contributed by atoms with E-state index < -0.39 is 46.8 Å². The molecule has 0 fully saturated rings. The number of ether oxygens (including phenoxy) is 1. The van der Waals surface area contributed by atoms with Crippen LogP contribution in [0.1, 0.15) is 16.1 Å². The minimum absolute atomic E-state index is 0.153. The zero-order chi connectivity index (χ0) is 19.5. The topological polar surface area (TPSA) is 112 Å². The average molecular weight is 393 g/mol. The minimum Gasteiger partial charge on any atom is -0.450 e. The number of rotatable bonds is 5. The smallest absolute Gasteiger partial charge is 0.433 e. The van der Waals surface area contributed by atoms with Gasteiger partial charge in [0.05, 0.1) is 22.3 Å². The van der Waals surface area contributed by atoms with Gasteiger partial charge in [0.2, 0.25) is 5.76 Å². The summed E-state index contributed by atoms with van der Waals surface area (Å²) in [6.07, 6.45) is -4.63. The minimum atomic E-state index is -4.63. The van der Waals surface area contributed by atoms with Gasteiger partial charge in [-0.3, -0.25) is 14.9 Å². The van der Waals surface area contributed by atoms with Gasteiger partial charge in [-0.1, -0.05) is 11.6 Å². The number of amides is 1. The molecule has 12 heteroatoms. The Kier molecular flexibility index (Phi) is 5.50. The molecule has 0 aliphatic carbocycles. The van der Waals surface area contributed by atoms with Crippen LogP contribution in [-0.2, 0) is 15.7 Å².